The van der Waals surface area contributed by atoms with Crippen molar-refractivity contribution >= 4 is 0 Å². The molecule has 0 aromatic heterocycles. The average molecular weight is 238 g/mol. The summed E-state index contributed by atoms with van der Waals surface area (Å²) in [4.78, 5) is 0. The number of methoxy groups -OCH3 is 1. The molecular weight excluding hydrogens is 224 g/mol. The SMILES string of the molecule is C#Cc1cc(OCc2ccccc2)ccc1OC. The molecule has 0 radical (unpaired) electrons. The van der Waals surface area contributed by atoms with Gasteiger partial charge in [0.05, 0.1) is 12.7 Å². The third-order valence-electron chi connectivity index (χ3n) is 2.57. The van der Waals surface area contributed by atoms with Gasteiger partial charge in [-0.15, -0.1) is 6.42 Å². The first-order valence-electron chi connectivity index (χ1n) is 5.65. The van der Waals surface area contributed by atoms with Crippen molar-refractivity contribution in [3.05, 3.63) is 59.7 Å². The van der Waals surface area contributed by atoms with Crippen molar-refractivity contribution < 1.29 is 9.47 Å². The summed E-state index contributed by atoms with van der Waals surface area (Å²) in [6.07, 6.45) is 5.42. The summed E-state index contributed by atoms with van der Waals surface area (Å²) in [5.41, 5.74) is 1.82. The Balaban J connectivity index is 2.09. The molecule has 0 atom stereocenters. The van der Waals surface area contributed by atoms with Crippen molar-refractivity contribution in [3.63, 3.8) is 0 Å². The van der Waals surface area contributed by atoms with Gasteiger partial charge in [-0.25, -0.2) is 0 Å². The van der Waals surface area contributed by atoms with E-state index in [2.05, 4.69) is 5.92 Å². The van der Waals surface area contributed by atoms with Gasteiger partial charge in [-0.05, 0) is 23.8 Å². The Morgan fingerprint density at radius 2 is 1.89 bits per heavy atom. The fourth-order valence-corrected chi connectivity index (χ4v) is 1.63. The molecule has 2 nitrogen and oxygen atoms in total. The minimum atomic E-state index is 0.525. The number of rotatable bonds is 4. The fraction of sp³-hybridized carbons (Fsp3) is 0.125. The largest absolute Gasteiger partial charge is 0.495 e. The minimum Gasteiger partial charge on any atom is -0.495 e. The maximum atomic E-state index is 5.68. The van der Waals surface area contributed by atoms with E-state index in [1.807, 2.05) is 48.5 Å². The minimum absolute atomic E-state index is 0.525. The molecule has 2 aromatic rings. The lowest BCUT2D eigenvalue weighted by atomic mass is 10.2. The zero-order valence-electron chi connectivity index (χ0n) is 10.2. The molecule has 0 N–H and O–H groups in total. The molecule has 0 heterocycles. The van der Waals surface area contributed by atoms with Crippen molar-refractivity contribution in [2.24, 2.45) is 0 Å². The molecule has 0 bridgehead atoms. The lowest BCUT2D eigenvalue weighted by molar-refractivity contribution is 0.305. The standard InChI is InChI=1S/C16H14O2/c1-3-14-11-15(9-10-16(14)17-2)18-12-13-7-5-4-6-8-13/h1,4-11H,12H2,2H3. The van der Waals surface area contributed by atoms with Crippen LogP contribution in [0.3, 0.4) is 0 Å². The molecule has 0 aliphatic carbocycles. The Labute approximate surface area is 107 Å². The highest BCUT2D eigenvalue weighted by atomic mass is 16.5. The molecule has 0 aliphatic rings. The van der Waals surface area contributed by atoms with Crippen LogP contribution in [0.15, 0.2) is 48.5 Å². The molecule has 0 unspecified atom stereocenters. The van der Waals surface area contributed by atoms with Crippen molar-refractivity contribution in [2.45, 2.75) is 6.61 Å². The van der Waals surface area contributed by atoms with Gasteiger partial charge in [-0.3, -0.25) is 0 Å². The van der Waals surface area contributed by atoms with Crippen LogP contribution in [0, 0.1) is 12.3 Å². The lowest BCUT2D eigenvalue weighted by Gasteiger charge is -2.09. The quantitative estimate of drug-likeness (QED) is 0.761. The van der Waals surface area contributed by atoms with Crippen LogP contribution in [0.2, 0.25) is 0 Å². The van der Waals surface area contributed by atoms with Crippen molar-refractivity contribution in [1.29, 1.82) is 0 Å². The molecule has 2 rings (SSSR count). The van der Waals surface area contributed by atoms with E-state index in [1.165, 1.54) is 0 Å². The van der Waals surface area contributed by atoms with Crippen LogP contribution in [0.25, 0.3) is 0 Å². The first-order chi connectivity index (χ1) is 8.83. The number of benzene rings is 2. The highest BCUT2D eigenvalue weighted by Crippen LogP contribution is 2.23. The predicted octanol–water partition coefficient (Wildman–Crippen LogP) is 3.26. The Hall–Kier alpha value is -2.40. The van der Waals surface area contributed by atoms with Crippen LogP contribution < -0.4 is 9.47 Å². The van der Waals surface area contributed by atoms with Gasteiger partial charge in [-0.2, -0.15) is 0 Å². The van der Waals surface area contributed by atoms with Crippen LogP contribution in [0.5, 0.6) is 11.5 Å². The van der Waals surface area contributed by atoms with E-state index in [1.54, 1.807) is 7.11 Å². The normalized spacial score (nSPS) is 9.56. The molecular formula is C16H14O2. The van der Waals surface area contributed by atoms with Gasteiger partial charge in [0.1, 0.15) is 18.1 Å². The van der Waals surface area contributed by atoms with Crippen LogP contribution in [-0.4, -0.2) is 7.11 Å². The van der Waals surface area contributed by atoms with Gasteiger partial charge < -0.3 is 9.47 Å². The zero-order valence-corrected chi connectivity index (χ0v) is 10.2. The van der Waals surface area contributed by atoms with Gasteiger partial charge >= 0.3 is 0 Å². The van der Waals surface area contributed by atoms with Crippen LogP contribution >= 0.6 is 0 Å². The fourth-order valence-electron chi connectivity index (χ4n) is 1.63. The molecule has 0 saturated heterocycles. The monoisotopic (exact) mass is 238 g/mol. The molecule has 0 saturated carbocycles. The van der Waals surface area contributed by atoms with Crippen LogP contribution in [0.1, 0.15) is 11.1 Å². The van der Waals surface area contributed by atoms with E-state index in [0.717, 1.165) is 11.3 Å². The Morgan fingerprint density at radius 1 is 1.11 bits per heavy atom. The summed E-state index contributed by atoms with van der Waals surface area (Å²) in [5.74, 6) is 4.01. The van der Waals surface area contributed by atoms with Gasteiger partial charge in [0.2, 0.25) is 0 Å². The second-order valence-corrected chi connectivity index (χ2v) is 3.78. The van der Waals surface area contributed by atoms with Gasteiger partial charge in [0, 0.05) is 0 Å². The summed E-state index contributed by atoms with van der Waals surface area (Å²) in [7, 11) is 1.60. The summed E-state index contributed by atoms with van der Waals surface area (Å²) in [5, 5.41) is 0. The number of terminal acetylenes is 1. The molecule has 2 heteroatoms. The second kappa shape index (κ2) is 5.79. The maximum Gasteiger partial charge on any atom is 0.134 e. The van der Waals surface area contributed by atoms with Crippen LogP contribution in [-0.2, 0) is 6.61 Å². The molecule has 0 spiro atoms. The van der Waals surface area contributed by atoms with E-state index in [9.17, 15) is 0 Å². The van der Waals surface area contributed by atoms with Crippen LogP contribution in [0.4, 0.5) is 0 Å². The highest BCUT2D eigenvalue weighted by molar-refractivity contribution is 5.49. The topological polar surface area (TPSA) is 18.5 Å². The summed E-state index contributed by atoms with van der Waals surface area (Å²) in [6, 6.07) is 15.5. The molecule has 0 fully saturated rings. The Morgan fingerprint density at radius 3 is 2.56 bits per heavy atom. The third-order valence-corrected chi connectivity index (χ3v) is 2.57. The van der Waals surface area contributed by atoms with Crippen molar-refractivity contribution in [1.82, 2.24) is 0 Å². The predicted molar refractivity (Wildman–Crippen MR) is 71.7 cm³/mol. The smallest absolute Gasteiger partial charge is 0.134 e. The number of hydrogen-bond donors (Lipinski definition) is 0. The number of ether oxygens (including phenoxy) is 2. The van der Waals surface area contributed by atoms with E-state index in [-0.39, 0.29) is 0 Å². The molecule has 18 heavy (non-hydrogen) atoms. The second-order valence-electron chi connectivity index (χ2n) is 3.78. The zero-order chi connectivity index (χ0) is 12.8. The maximum absolute atomic E-state index is 5.68. The first-order valence-corrected chi connectivity index (χ1v) is 5.65. The average Bonchev–Trinajstić information content (AvgIpc) is 2.45. The van der Waals surface area contributed by atoms with Crippen molar-refractivity contribution in [3.8, 4) is 23.8 Å². The van der Waals surface area contributed by atoms with Gasteiger partial charge in [0.25, 0.3) is 0 Å². The third kappa shape index (κ3) is 2.83. The number of hydrogen-bond acceptors (Lipinski definition) is 2. The molecule has 0 amide bonds. The molecule has 90 valence electrons. The van der Waals surface area contributed by atoms with E-state index < -0.39 is 0 Å². The Kier molecular flexibility index (Phi) is 3.88. The van der Waals surface area contributed by atoms with E-state index in [4.69, 9.17) is 15.9 Å². The van der Waals surface area contributed by atoms with Gasteiger partial charge in [-0.1, -0.05) is 36.3 Å². The lowest BCUT2D eigenvalue weighted by Crippen LogP contribution is -1.96. The van der Waals surface area contributed by atoms with E-state index in [0.29, 0.717) is 17.9 Å². The van der Waals surface area contributed by atoms with Crippen molar-refractivity contribution in [2.75, 3.05) is 7.11 Å². The highest BCUT2D eigenvalue weighted by Gasteiger charge is 2.02. The summed E-state index contributed by atoms with van der Waals surface area (Å²) >= 11 is 0. The molecule has 2 aromatic carbocycles. The summed E-state index contributed by atoms with van der Waals surface area (Å²) < 4.78 is 10.8. The summed E-state index contributed by atoms with van der Waals surface area (Å²) in [6.45, 7) is 0.525. The van der Waals surface area contributed by atoms with Gasteiger partial charge in [0.15, 0.2) is 0 Å². The Bertz CT molecular complexity index is 553. The first kappa shape index (κ1) is 12.1. The molecule has 0 aliphatic heterocycles. The van der Waals surface area contributed by atoms with E-state index >= 15 is 0 Å².